The maximum atomic E-state index is 12.8. The van der Waals surface area contributed by atoms with Crippen LogP contribution >= 0.6 is 0 Å². The summed E-state index contributed by atoms with van der Waals surface area (Å²) >= 11 is 0. The summed E-state index contributed by atoms with van der Waals surface area (Å²) in [6, 6.07) is 12.0. The van der Waals surface area contributed by atoms with Crippen molar-refractivity contribution in [1.82, 2.24) is 9.21 Å². The molecule has 27 heavy (non-hydrogen) atoms. The number of nitrogens with zero attached hydrogens (tertiary/aromatic N) is 3. The minimum Gasteiger partial charge on any atom is -0.296 e. The van der Waals surface area contributed by atoms with E-state index in [2.05, 4.69) is 4.90 Å². The van der Waals surface area contributed by atoms with Crippen LogP contribution in [0.1, 0.15) is 16.7 Å². The van der Waals surface area contributed by atoms with Gasteiger partial charge in [-0.05, 0) is 31.5 Å². The monoisotopic (exact) mass is 389 g/mol. The molecule has 8 heteroatoms. The number of piperazine rings is 1. The van der Waals surface area contributed by atoms with Gasteiger partial charge in [0.05, 0.1) is 9.82 Å². The number of sulfonamides is 1. The molecule has 0 spiro atoms. The van der Waals surface area contributed by atoms with Gasteiger partial charge in [-0.25, -0.2) is 8.42 Å². The number of hydrogen-bond acceptors (Lipinski definition) is 5. The highest BCUT2D eigenvalue weighted by atomic mass is 32.2. The van der Waals surface area contributed by atoms with Gasteiger partial charge in [0.25, 0.3) is 5.69 Å². The van der Waals surface area contributed by atoms with Crippen LogP contribution in [0.4, 0.5) is 5.69 Å². The molecule has 0 aliphatic carbocycles. The second kappa shape index (κ2) is 7.75. The molecule has 0 saturated carbocycles. The zero-order chi connectivity index (χ0) is 19.6. The van der Waals surface area contributed by atoms with Gasteiger partial charge in [-0.15, -0.1) is 0 Å². The van der Waals surface area contributed by atoms with Crippen molar-refractivity contribution in [1.29, 1.82) is 0 Å². The number of hydrogen-bond donors (Lipinski definition) is 0. The highest BCUT2D eigenvalue weighted by molar-refractivity contribution is 7.89. The fraction of sp³-hybridized carbons (Fsp3) is 0.368. The van der Waals surface area contributed by atoms with Crippen molar-refractivity contribution in [2.45, 2.75) is 25.3 Å². The zero-order valence-electron chi connectivity index (χ0n) is 15.5. The summed E-state index contributed by atoms with van der Waals surface area (Å²) in [5, 5.41) is 11.1. The SMILES string of the molecule is Cc1ccc(S(=O)(=O)N2CCN(Cc3cccc([N+](=O)[O-])c3C)CC2)cc1. The second-order valence-electron chi connectivity index (χ2n) is 6.81. The van der Waals surface area contributed by atoms with Crippen LogP contribution in [0.5, 0.6) is 0 Å². The number of rotatable bonds is 5. The smallest absolute Gasteiger partial charge is 0.272 e. The van der Waals surface area contributed by atoms with Gasteiger partial charge in [0.1, 0.15) is 0 Å². The highest BCUT2D eigenvalue weighted by Crippen LogP contribution is 2.23. The molecule has 0 bridgehead atoms. The maximum absolute atomic E-state index is 12.8. The third kappa shape index (κ3) is 4.18. The lowest BCUT2D eigenvalue weighted by Gasteiger charge is -2.34. The average molecular weight is 389 g/mol. The normalized spacial score (nSPS) is 16.4. The first-order valence-electron chi connectivity index (χ1n) is 8.81. The number of nitro groups is 1. The van der Waals surface area contributed by atoms with E-state index in [1.54, 1.807) is 37.3 Å². The Hall–Kier alpha value is -2.29. The highest BCUT2D eigenvalue weighted by Gasteiger charge is 2.28. The summed E-state index contributed by atoms with van der Waals surface area (Å²) < 4.78 is 27.0. The van der Waals surface area contributed by atoms with Crippen LogP contribution in [0, 0.1) is 24.0 Å². The summed E-state index contributed by atoms with van der Waals surface area (Å²) in [6.07, 6.45) is 0. The third-order valence-corrected chi connectivity index (χ3v) is 6.91. The summed E-state index contributed by atoms with van der Waals surface area (Å²) in [5.74, 6) is 0. The van der Waals surface area contributed by atoms with Crippen molar-refractivity contribution in [2.24, 2.45) is 0 Å². The van der Waals surface area contributed by atoms with Crippen LogP contribution in [0.25, 0.3) is 0 Å². The van der Waals surface area contributed by atoms with E-state index in [9.17, 15) is 18.5 Å². The van der Waals surface area contributed by atoms with Crippen LogP contribution in [0.15, 0.2) is 47.4 Å². The average Bonchev–Trinajstić information content (AvgIpc) is 2.64. The molecule has 0 radical (unpaired) electrons. The van der Waals surface area contributed by atoms with E-state index in [0.717, 1.165) is 11.1 Å². The molecule has 1 fully saturated rings. The molecule has 144 valence electrons. The topological polar surface area (TPSA) is 83.8 Å². The van der Waals surface area contributed by atoms with Gasteiger partial charge in [0.15, 0.2) is 0 Å². The van der Waals surface area contributed by atoms with Crippen molar-refractivity contribution in [3.8, 4) is 0 Å². The Kier molecular flexibility index (Phi) is 5.59. The van der Waals surface area contributed by atoms with Crippen LogP contribution < -0.4 is 0 Å². The summed E-state index contributed by atoms with van der Waals surface area (Å²) in [5.41, 5.74) is 2.70. The molecule has 1 saturated heterocycles. The maximum Gasteiger partial charge on any atom is 0.272 e. The number of aryl methyl sites for hydroxylation is 1. The first kappa shape index (κ1) is 19.5. The molecular weight excluding hydrogens is 366 g/mol. The van der Waals surface area contributed by atoms with Gasteiger partial charge in [0, 0.05) is 44.4 Å². The van der Waals surface area contributed by atoms with Gasteiger partial charge in [-0.3, -0.25) is 15.0 Å². The molecule has 7 nitrogen and oxygen atoms in total. The number of nitro benzene ring substituents is 1. The van der Waals surface area contributed by atoms with Crippen LogP contribution in [0.3, 0.4) is 0 Å². The van der Waals surface area contributed by atoms with Gasteiger partial charge < -0.3 is 0 Å². The Morgan fingerprint density at radius 3 is 2.22 bits per heavy atom. The van der Waals surface area contributed by atoms with Crippen molar-refractivity contribution < 1.29 is 13.3 Å². The Bertz CT molecular complexity index is 934. The molecule has 3 rings (SSSR count). The van der Waals surface area contributed by atoms with Gasteiger partial charge in [-0.1, -0.05) is 29.8 Å². The molecule has 1 heterocycles. The molecule has 1 aliphatic rings. The first-order valence-corrected chi connectivity index (χ1v) is 10.2. The lowest BCUT2D eigenvalue weighted by atomic mass is 10.1. The van der Waals surface area contributed by atoms with Crippen molar-refractivity contribution in [3.63, 3.8) is 0 Å². The molecule has 0 N–H and O–H groups in total. The predicted molar refractivity (Wildman–Crippen MR) is 103 cm³/mol. The van der Waals surface area contributed by atoms with Crippen molar-refractivity contribution >= 4 is 15.7 Å². The lowest BCUT2D eigenvalue weighted by Crippen LogP contribution is -2.48. The van der Waals surface area contributed by atoms with Gasteiger partial charge in [-0.2, -0.15) is 4.31 Å². The van der Waals surface area contributed by atoms with E-state index < -0.39 is 10.0 Å². The molecule has 0 unspecified atom stereocenters. The lowest BCUT2D eigenvalue weighted by molar-refractivity contribution is -0.385. The van der Waals surface area contributed by atoms with Gasteiger partial charge >= 0.3 is 0 Å². The molecule has 2 aromatic rings. The Morgan fingerprint density at radius 1 is 1.00 bits per heavy atom. The van der Waals surface area contributed by atoms with E-state index in [4.69, 9.17) is 0 Å². The quantitative estimate of drug-likeness (QED) is 0.580. The van der Waals surface area contributed by atoms with E-state index >= 15 is 0 Å². The molecule has 0 amide bonds. The largest absolute Gasteiger partial charge is 0.296 e. The second-order valence-corrected chi connectivity index (χ2v) is 8.75. The van der Waals surface area contributed by atoms with E-state index in [-0.39, 0.29) is 10.6 Å². The first-order chi connectivity index (χ1) is 12.8. The van der Waals surface area contributed by atoms with E-state index in [1.165, 1.54) is 10.4 Å². The molecule has 2 aromatic carbocycles. The minimum absolute atomic E-state index is 0.119. The van der Waals surface area contributed by atoms with Crippen LogP contribution in [-0.4, -0.2) is 48.7 Å². The van der Waals surface area contributed by atoms with Crippen LogP contribution in [0.2, 0.25) is 0 Å². The Labute approximate surface area is 159 Å². The predicted octanol–water partition coefficient (Wildman–Crippen LogP) is 2.72. The summed E-state index contributed by atoms with van der Waals surface area (Å²) in [6.45, 7) is 6.25. The minimum atomic E-state index is -3.48. The molecule has 1 aliphatic heterocycles. The number of benzene rings is 2. The Balaban J connectivity index is 1.67. The summed E-state index contributed by atoms with van der Waals surface area (Å²) in [4.78, 5) is 13.2. The summed E-state index contributed by atoms with van der Waals surface area (Å²) in [7, 11) is -3.48. The molecular formula is C19H23N3O4S. The standard InChI is InChI=1S/C19H23N3O4S/c1-15-6-8-18(9-7-15)27(25,26)21-12-10-20(11-13-21)14-17-4-3-5-19(16(17)2)22(23)24/h3-9H,10-14H2,1-2H3. The van der Waals surface area contributed by atoms with E-state index in [1.807, 2.05) is 13.0 Å². The zero-order valence-corrected chi connectivity index (χ0v) is 16.3. The van der Waals surface area contributed by atoms with Gasteiger partial charge in [0.2, 0.25) is 10.0 Å². The fourth-order valence-corrected chi connectivity index (χ4v) is 4.69. The van der Waals surface area contributed by atoms with E-state index in [0.29, 0.717) is 43.2 Å². The fourth-order valence-electron chi connectivity index (χ4n) is 3.27. The molecule has 0 atom stereocenters. The Morgan fingerprint density at radius 2 is 1.63 bits per heavy atom. The third-order valence-electron chi connectivity index (χ3n) is 5.00. The molecule has 0 aromatic heterocycles. The van der Waals surface area contributed by atoms with Crippen molar-refractivity contribution in [3.05, 3.63) is 69.3 Å². The van der Waals surface area contributed by atoms with Crippen LogP contribution in [-0.2, 0) is 16.6 Å². The van der Waals surface area contributed by atoms with Crippen molar-refractivity contribution in [2.75, 3.05) is 26.2 Å².